The molecular weight excluding hydrogens is 260 g/mol. The van der Waals surface area contributed by atoms with Gasteiger partial charge in [0.2, 0.25) is 5.91 Å². The number of aromatic nitrogens is 1. The number of hydrogen-bond acceptors (Lipinski definition) is 5. The van der Waals surface area contributed by atoms with Crippen molar-refractivity contribution >= 4 is 38.3 Å². The van der Waals surface area contributed by atoms with Crippen molar-refractivity contribution in [3.8, 4) is 0 Å². The number of carbonyl (C=O) groups is 1. The van der Waals surface area contributed by atoms with E-state index in [1.807, 2.05) is 17.0 Å². The number of anilines is 2. The number of fused-ring (bicyclic) bond motifs is 1. The number of hydrogen-bond donors (Lipinski definition) is 1. The van der Waals surface area contributed by atoms with Crippen molar-refractivity contribution in [2.45, 2.75) is 6.92 Å². The number of nitrogens with zero attached hydrogens (tertiary/aromatic N) is 3. The number of thiazole rings is 1. The molecule has 1 aliphatic heterocycles. The predicted molar refractivity (Wildman–Crippen MR) is 78.5 cm³/mol. The van der Waals surface area contributed by atoms with Gasteiger partial charge in [-0.15, -0.1) is 0 Å². The van der Waals surface area contributed by atoms with Crippen molar-refractivity contribution in [2.24, 2.45) is 0 Å². The third kappa shape index (κ3) is 2.23. The quantitative estimate of drug-likeness (QED) is 0.858. The van der Waals surface area contributed by atoms with Crippen molar-refractivity contribution in [1.82, 2.24) is 9.88 Å². The number of nitrogen functional groups attached to an aromatic ring is 1. The molecule has 6 heteroatoms. The molecule has 19 heavy (non-hydrogen) atoms. The van der Waals surface area contributed by atoms with Crippen LogP contribution in [-0.2, 0) is 4.79 Å². The van der Waals surface area contributed by atoms with Crippen LogP contribution in [0.4, 0.5) is 10.8 Å². The molecule has 2 N–H and O–H groups in total. The lowest BCUT2D eigenvalue weighted by molar-refractivity contribution is -0.129. The number of amides is 1. The normalized spacial score (nSPS) is 16.1. The number of para-hydroxylation sites is 1. The van der Waals surface area contributed by atoms with Crippen LogP contribution >= 0.6 is 11.3 Å². The minimum absolute atomic E-state index is 0.149. The number of benzene rings is 1. The Morgan fingerprint density at radius 3 is 2.74 bits per heavy atom. The Bertz CT molecular complexity index is 616. The molecule has 2 heterocycles. The maximum atomic E-state index is 11.3. The van der Waals surface area contributed by atoms with E-state index in [2.05, 4.69) is 16.0 Å². The summed E-state index contributed by atoms with van der Waals surface area (Å²) in [6.45, 7) is 4.85. The molecule has 0 radical (unpaired) electrons. The van der Waals surface area contributed by atoms with Crippen LogP contribution in [0.3, 0.4) is 0 Å². The summed E-state index contributed by atoms with van der Waals surface area (Å²) in [6, 6.07) is 6.15. The Hall–Kier alpha value is -1.82. The second-order valence-corrected chi connectivity index (χ2v) is 5.73. The summed E-state index contributed by atoms with van der Waals surface area (Å²) in [5, 5.41) is 0.602. The Labute approximate surface area is 115 Å². The second kappa shape index (κ2) is 4.70. The van der Waals surface area contributed by atoms with Crippen LogP contribution in [0.1, 0.15) is 6.92 Å². The largest absolute Gasteiger partial charge is 0.375 e. The van der Waals surface area contributed by atoms with Crippen molar-refractivity contribution in [1.29, 1.82) is 0 Å². The van der Waals surface area contributed by atoms with Crippen molar-refractivity contribution in [3.05, 3.63) is 18.2 Å². The first kappa shape index (κ1) is 12.2. The smallest absolute Gasteiger partial charge is 0.219 e. The zero-order valence-corrected chi connectivity index (χ0v) is 11.6. The monoisotopic (exact) mass is 276 g/mol. The zero-order valence-electron chi connectivity index (χ0n) is 10.8. The first-order valence-electron chi connectivity index (χ1n) is 6.30. The fourth-order valence-electron chi connectivity index (χ4n) is 2.47. The van der Waals surface area contributed by atoms with Crippen molar-refractivity contribution in [2.75, 3.05) is 36.8 Å². The molecular formula is C13H16N4OS. The van der Waals surface area contributed by atoms with Gasteiger partial charge in [0.1, 0.15) is 5.52 Å². The first-order valence-corrected chi connectivity index (χ1v) is 7.12. The third-order valence-corrected chi connectivity index (χ3v) is 4.33. The van der Waals surface area contributed by atoms with Gasteiger partial charge in [-0.05, 0) is 12.1 Å². The Balaban J connectivity index is 1.87. The minimum atomic E-state index is 0.149. The molecule has 0 aliphatic carbocycles. The van der Waals surface area contributed by atoms with Gasteiger partial charge in [-0.2, -0.15) is 0 Å². The highest BCUT2D eigenvalue weighted by Crippen LogP contribution is 2.31. The Kier molecular flexibility index (Phi) is 3.02. The van der Waals surface area contributed by atoms with Crippen LogP contribution < -0.4 is 10.6 Å². The van der Waals surface area contributed by atoms with E-state index in [0.717, 1.165) is 42.1 Å². The van der Waals surface area contributed by atoms with E-state index in [-0.39, 0.29) is 5.91 Å². The van der Waals surface area contributed by atoms with Crippen LogP contribution in [0.5, 0.6) is 0 Å². The van der Waals surface area contributed by atoms with Gasteiger partial charge in [0, 0.05) is 33.1 Å². The SMILES string of the molecule is CC(=O)N1CCN(c2cccc3sc(N)nc23)CC1. The van der Waals surface area contributed by atoms with Gasteiger partial charge in [0.25, 0.3) is 0 Å². The molecule has 1 aromatic heterocycles. The summed E-state index contributed by atoms with van der Waals surface area (Å²) in [5.74, 6) is 0.149. The van der Waals surface area contributed by atoms with E-state index in [4.69, 9.17) is 5.73 Å². The van der Waals surface area contributed by atoms with Crippen LogP contribution in [0.15, 0.2) is 18.2 Å². The Morgan fingerprint density at radius 1 is 1.32 bits per heavy atom. The summed E-state index contributed by atoms with van der Waals surface area (Å²) >= 11 is 1.51. The molecule has 1 saturated heterocycles. The highest BCUT2D eigenvalue weighted by atomic mass is 32.1. The molecule has 100 valence electrons. The van der Waals surface area contributed by atoms with Gasteiger partial charge in [0.15, 0.2) is 5.13 Å². The highest BCUT2D eigenvalue weighted by molar-refractivity contribution is 7.22. The van der Waals surface area contributed by atoms with Gasteiger partial charge < -0.3 is 15.5 Å². The van der Waals surface area contributed by atoms with Gasteiger partial charge in [-0.3, -0.25) is 4.79 Å². The molecule has 0 bridgehead atoms. The number of piperazine rings is 1. The van der Waals surface area contributed by atoms with Crippen LogP contribution in [0.2, 0.25) is 0 Å². The van der Waals surface area contributed by atoms with Crippen molar-refractivity contribution < 1.29 is 4.79 Å². The molecule has 1 aromatic carbocycles. The lowest BCUT2D eigenvalue weighted by atomic mass is 10.2. The summed E-state index contributed by atoms with van der Waals surface area (Å²) in [6.07, 6.45) is 0. The molecule has 0 unspecified atom stereocenters. The molecule has 5 nitrogen and oxygen atoms in total. The fraction of sp³-hybridized carbons (Fsp3) is 0.385. The lowest BCUT2D eigenvalue weighted by Crippen LogP contribution is -2.48. The van der Waals surface area contributed by atoms with E-state index in [1.165, 1.54) is 11.3 Å². The molecule has 0 spiro atoms. The van der Waals surface area contributed by atoms with E-state index >= 15 is 0 Å². The van der Waals surface area contributed by atoms with Crippen LogP contribution in [0, 0.1) is 0 Å². The maximum absolute atomic E-state index is 11.3. The molecule has 0 atom stereocenters. The number of carbonyl (C=O) groups excluding carboxylic acids is 1. The number of rotatable bonds is 1. The number of nitrogens with two attached hydrogens (primary N) is 1. The maximum Gasteiger partial charge on any atom is 0.219 e. The summed E-state index contributed by atoms with van der Waals surface area (Å²) < 4.78 is 1.11. The molecule has 0 saturated carbocycles. The van der Waals surface area contributed by atoms with Crippen molar-refractivity contribution in [3.63, 3.8) is 0 Å². The van der Waals surface area contributed by atoms with Crippen LogP contribution in [0.25, 0.3) is 10.2 Å². The molecule has 2 aromatic rings. The van der Waals surface area contributed by atoms with Gasteiger partial charge in [0.05, 0.1) is 10.4 Å². The summed E-state index contributed by atoms with van der Waals surface area (Å²) in [5.41, 5.74) is 7.88. The fourth-order valence-corrected chi connectivity index (χ4v) is 3.22. The van der Waals surface area contributed by atoms with E-state index in [1.54, 1.807) is 6.92 Å². The predicted octanol–water partition coefficient (Wildman–Crippen LogP) is 1.55. The summed E-state index contributed by atoms with van der Waals surface area (Å²) in [7, 11) is 0. The second-order valence-electron chi connectivity index (χ2n) is 4.67. The molecule has 3 rings (SSSR count). The summed E-state index contributed by atoms with van der Waals surface area (Å²) in [4.78, 5) is 19.9. The minimum Gasteiger partial charge on any atom is -0.375 e. The van der Waals surface area contributed by atoms with Gasteiger partial charge >= 0.3 is 0 Å². The van der Waals surface area contributed by atoms with Gasteiger partial charge in [-0.1, -0.05) is 17.4 Å². The molecule has 1 aliphatic rings. The lowest BCUT2D eigenvalue weighted by Gasteiger charge is -2.35. The standard InChI is InChI=1S/C13H16N4OS/c1-9(18)16-5-7-17(8-6-16)10-3-2-4-11-12(10)15-13(14)19-11/h2-4H,5-8H2,1H3,(H2,14,15). The molecule has 1 fully saturated rings. The first-order chi connectivity index (χ1) is 9.15. The molecule has 1 amide bonds. The zero-order chi connectivity index (χ0) is 13.4. The Morgan fingerprint density at radius 2 is 2.05 bits per heavy atom. The topological polar surface area (TPSA) is 62.5 Å². The van der Waals surface area contributed by atoms with Gasteiger partial charge in [-0.25, -0.2) is 4.98 Å². The van der Waals surface area contributed by atoms with Crippen LogP contribution in [-0.4, -0.2) is 42.0 Å². The third-order valence-electron chi connectivity index (χ3n) is 3.48. The average molecular weight is 276 g/mol. The highest BCUT2D eigenvalue weighted by Gasteiger charge is 2.20. The van der Waals surface area contributed by atoms with E-state index < -0.39 is 0 Å². The average Bonchev–Trinajstić information content (AvgIpc) is 2.78. The van der Waals surface area contributed by atoms with E-state index in [9.17, 15) is 4.79 Å². The van der Waals surface area contributed by atoms with E-state index in [0.29, 0.717) is 5.13 Å².